The summed E-state index contributed by atoms with van der Waals surface area (Å²) in [6.07, 6.45) is 0. The molecule has 0 N–H and O–H groups in total. The van der Waals surface area contributed by atoms with Crippen molar-refractivity contribution in [2.45, 2.75) is 33.9 Å². The molecule has 3 nitrogen and oxygen atoms in total. The van der Waals surface area contributed by atoms with E-state index >= 15 is 0 Å². The van der Waals surface area contributed by atoms with Crippen molar-refractivity contribution in [2.24, 2.45) is 0 Å². The third-order valence-electron chi connectivity index (χ3n) is 5.44. The number of pyridine rings is 1. The van der Waals surface area contributed by atoms with Gasteiger partial charge in [-0.2, -0.15) is 0 Å². The average molecular weight is 429 g/mol. The minimum Gasteiger partial charge on any atom is -0.330 e. The molecule has 1 heterocycles. The lowest BCUT2D eigenvalue weighted by molar-refractivity contribution is 0.0730. The Morgan fingerprint density at radius 2 is 1.58 bits per heavy atom. The van der Waals surface area contributed by atoms with Crippen molar-refractivity contribution in [3.8, 4) is 0 Å². The monoisotopic (exact) mass is 428 g/mol. The lowest BCUT2D eigenvalue weighted by atomic mass is 10.0. The first kappa shape index (κ1) is 21.1. The summed E-state index contributed by atoms with van der Waals surface area (Å²) >= 11 is 6.58. The standard InChI is InChI=1S/C27H25ClN2O/c1-18-9-11-21(12-10-18)16-30(27(31)22-7-5-4-6-8-22)17-24-15-23-14-19(2)13-20(3)25(23)29-26(24)28/h4-15H,16-17H2,1-3H3. The number of aromatic nitrogens is 1. The van der Waals surface area contributed by atoms with Crippen LogP contribution in [-0.4, -0.2) is 15.8 Å². The first-order valence-corrected chi connectivity index (χ1v) is 10.7. The molecule has 0 atom stereocenters. The number of halogens is 1. The quantitative estimate of drug-likeness (QED) is 0.333. The minimum absolute atomic E-state index is 0.0299. The number of hydrogen-bond donors (Lipinski definition) is 0. The summed E-state index contributed by atoms with van der Waals surface area (Å²) in [5.41, 5.74) is 6.95. The van der Waals surface area contributed by atoms with Gasteiger partial charge in [0.05, 0.1) is 5.52 Å². The number of hydrogen-bond acceptors (Lipinski definition) is 2. The third-order valence-corrected chi connectivity index (χ3v) is 5.77. The molecule has 0 radical (unpaired) electrons. The van der Waals surface area contributed by atoms with Gasteiger partial charge in [-0.3, -0.25) is 4.79 Å². The van der Waals surface area contributed by atoms with Crippen LogP contribution in [0.1, 0.15) is 38.2 Å². The molecule has 3 aromatic carbocycles. The highest BCUT2D eigenvalue weighted by Crippen LogP contribution is 2.26. The second kappa shape index (κ2) is 8.91. The summed E-state index contributed by atoms with van der Waals surface area (Å²) in [4.78, 5) is 19.8. The van der Waals surface area contributed by atoms with Crippen molar-refractivity contribution in [1.29, 1.82) is 0 Å². The van der Waals surface area contributed by atoms with Gasteiger partial charge < -0.3 is 4.90 Å². The Morgan fingerprint density at radius 1 is 0.871 bits per heavy atom. The summed E-state index contributed by atoms with van der Waals surface area (Å²) in [5.74, 6) is -0.0299. The van der Waals surface area contributed by atoms with E-state index < -0.39 is 0 Å². The Balaban J connectivity index is 1.72. The Bertz CT molecular complexity index is 1230. The molecule has 0 fully saturated rings. The normalized spacial score (nSPS) is 11.0. The zero-order chi connectivity index (χ0) is 22.0. The van der Waals surface area contributed by atoms with Gasteiger partial charge in [0.2, 0.25) is 0 Å². The van der Waals surface area contributed by atoms with Gasteiger partial charge in [-0.05, 0) is 56.2 Å². The maximum absolute atomic E-state index is 13.4. The van der Waals surface area contributed by atoms with Crippen molar-refractivity contribution in [3.63, 3.8) is 0 Å². The van der Waals surface area contributed by atoms with Crippen LogP contribution < -0.4 is 0 Å². The van der Waals surface area contributed by atoms with E-state index in [2.05, 4.69) is 61.3 Å². The molecule has 0 aliphatic rings. The SMILES string of the molecule is Cc1ccc(CN(Cc2cc3cc(C)cc(C)c3nc2Cl)C(=O)c2ccccc2)cc1. The Labute approximate surface area is 188 Å². The summed E-state index contributed by atoms with van der Waals surface area (Å²) in [5, 5.41) is 1.48. The second-order valence-electron chi connectivity index (χ2n) is 8.10. The molecule has 0 aliphatic carbocycles. The van der Waals surface area contributed by atoms with E-state index in [0.29, 0.717) is 23.8 Å². The van der Waals surface area contributed by atoms with Gasteiger partial charge in [-0.15, -0.1) is 0 Å². The topological polar surface area (TPSA) is 33.2 Å². The third kappa shape index (κ3) is 4.78. The number of carbonyl (C=O) groups is 1. The van der Waals surface area contributed by atoms with Gasteiger partial charge >= 0.3 is 0 Å². The fourth-order valence-corrected chi connectivity index (χ4v) is 4.06. The highest BCUT2D eigenvalue weighted by Gasteiger charge is 2.19. The first-order chi connectivity index (χ1) is 14.9. The van der Waals surface area contributed by atoms with Crippen LogP contribution in [0.3, 0.4) is 0 Å². The molecule has 156 valence electrons. The molecule has 0 spiro atoms. The van der Waals surface area contributed by atoms with Crippen molar-refractivity contribution in [3.05, 3.63) is 111 Å². The highest BCUT2D eigenvalue weighted by molar-refractivity contribution is 6.30. The van der Waals surface area contributed by atoms with Gasteiger partial charge in [0.15, 0.2) is 0 Å². The van der Waals surface area contributed by atoms with E-state index in [9.17, 15) is 4.79 Å². The summed E-state index contributed by atoms with van der Waals surface area (Å²) < 4.78 is 0. The van der Waals surface area contributed by atoms with Gasteiger partial charge in [-0.25, -0.2) is 4.98 Å². The lowest BCUT2D eigenvalue weighted by Gasteiger charge is -2.24. The highest BCUT2D eigenvalue weighted by atomic mass is 35.5. The van der Waals surface area contributed by atoms with E-state index in [1.807, 2.05) is 42.2 Å². The maximum atomic E-state index is 13.4. The molecule has 0 bridgehead atoms. The molecular weight excluding hydrogens is 404 g/mol. The molecule has 1 amide bonds. The van der Waals surface area contributed by atoms with Crippen LogP contribution in [0.2, 0.25) is 5.15 Å². The summed E-state index contributed by atoms with van der Waals surface area (Å²) in [6, 6.07) is 23.9. The number of benzene rings is 3. The molecule has 4 rings (SSSR count). The largest absolute Gasteiger partial charge is 0.330 e. The smallest absolute Gasteiger partial charge is 0.254 e. The molecule has 1 aromatic heterocycles. The number of amides is 1. The second-order valence-corrected chi connectivity index (χ2v) is 8.46. The number of nitrogens with zero attached hydrogens (tertiary/aromatic N) is 2. The number of fused-ring (bicyclic) bond motifs is 1. The predicted octanol–water partition coefficient (Wildman–Crippen LogP) is 6.66. The van der Waals surface area contributed by atoms with Gasteiger partial charge in [0, 0.05) is 29.6 Å². The van der Waals surface area contributed by atoms with E-state index in [0.717, 1.165) is 27.6 Å². The molecule has 0 unspecified atom stereocenters. The van der Waals surface area contributed by atoms with Gasteiger partial charge in [-0.1, -0.05) is 71.3 Å². The van der Waals surface area contributed by atoms with E-state index in [-0.39, 0.29) is 5.91 Å². The molecule has 0 saturated carbocycles. The average Bonchev–Trinajstić information content (AvgIpc) is 2.76. The Hall–Kier alpha value is -3.17. The van der Waals surface area contributed by atoms with Crippen LogP contribution in [0.25, 0.3) is 10.9 Å². The minimum atomic E-state index is -0.0299. The maximum Gasteiger partial charge on any atom is 0.254 e. The van der Waals surface area contributed by atoms with Crippen molar-refractivity contribution in [1.82, 2.24) is 9.88 Å². The molecular formula is C27H25ClN2O. The van der Waals surface area contributed by atoms with E-state index in [1.54, 1.807) is 0 Å². The van der Waals surface area contributed by atoms with Crippen LogP contribution in [0.15, 0.2) is 72.8 Å². The van der Waals surface area contributed by atoms with Crippen molar-refractivity contribution in [2.75, 3.05) is 0 Å². The molecule has 0 aliphatic heterocycles. The van der Waals surface area contributed by atoms with Crippen molar-refractivity contribution < 1.29 is 4.79 Å². The molecule has 4 heteroatoms. The number of carbonyl (C=O) groups excluding carboxylic acids is 1. The van der Waals surface area contributed by atoms with Gasteiger partial charge in [0.25, 0.3) is 5.91 Å². The molecule has 0 saturated heterocycles. The lowest BCUT2D eigenvalue weighted by Crippen LogP contribution is -2.30. The predicted molar refractivity (Wildman–Crippen MR) is 127 cm³/mol. The molecule has 4 aromatic rings. The first-order valence-electron chi connectivity index (χ1n) is 10.4. The fraction of sp³-hybridized carbons (Fsp3) is 0.185. The zero-order valence-electron chi connectivity index (χ0n) is 18.0. The van der Waals surface area contributed by atoms with Crippen LogP contribution in [0.4, 0.5) is 0 Å². The van der Waals surface area contributed by atoms with E-state index in [1.165, 1.54) is 11.1 Å². The van der Waals surface area contributed by atoms with Crippen LogP contribution in [0, 0.1) is 20.8 Å². The van der Waals surface area contributed by atoms with Crippen molar-refractivity contribution >= 4 is 28.4 Å². The number of aryl methyl sites for hydroxylation is 3. The number of rotatable bonds is 5. The Kier molecular flexibility index (Phi) is 6.06. The van der Waals surface area contributed by atoms with E-state index in [4.69, 9.17) is 11.6 Å². The van der Waals surface area contributed by atoms with Crippen LogP contribution in [-0.2, 0) is 13.1 Å². The fourth-order valence-electron chi connectivity index (χ4n) is 3.87. The summed E-state index contributed by atoms with van der Waals surface area (Å²) in [6.45, 7) is 7.05. The van der Waals surface area contributed by atoms with Crippen LogP contribution in [0.5, 0.6) is 0 Å². The molecule has 31 heavy (non-hydrogen) atoms. The van der Waals surface area contributed by atoms with Crippen LogP contribution >= 0.6 is 11.6 Å². The summed E-state index contributed by atoms with van der Waals surface area (Å²) in [7, 11) is 0. The Morgan fingerprint density at radius 3 is 2.29 bits per heavy atom. The van der Waals surface area contributed by atoms with Gasteiger partial charge in [0.1, 0.15) is 5.15 Å². The zero-order valence-corrected chi connectivity index (χ0v) is 18.8.